The van der Waals surface area contributed by atoms with Crippen molar-refractivity contribution in [1.82, 2.24) is 4.90 Å². The van der Waals surface area contributed by atoms with Crippen molar-refractivity contribution in [2.45, 2.75) is 6.61 Å². The molecule has 0 saturated carbocycles. The van der Waals surface area contributed by atoms with E-state index >= 15 is 0 Å². The van der Waals surface area contributed by atoms with Crippen LogP contribution in [0.5, 0.6) is 5.75 Å². The van der Waals surface area contributed by atoms with Crippen molar-refractivity contribution >= 4 is 72.4 Å². The van der Waals surface area contributed by atoms with Crippen molar-refractivity contribution in [3.63, 3.8) is 0 Å². The zero-order valence-corrected chi connectivity index (χ0v) is 22.2. The first kappa shape index (κ1) is 25.2. The van der Waals surface area contributed by atoms with Gasteiger partial charge in [-0.2, -0.15) is 0 Å². The molecule has 6 nitrogen and oxygen atoms in total. The first-order valence-electron chi connectivity index (χ1n) is 10.2. The second kappa shape index (κ2) is 10.8. The van der Waals surface area contributed by atoms with Crippen molar-refractivity contribution in [2.75, 3.05) is 7.05 Å². The number of aliphatic imine (C=N–C) groups is 1. The van der Waals surface area contributed by atoms with Crippen LogP contribution < -0.4 is 4.74 Å². The monoisotopic (exact) mass is 618 g/mol. The maximum absolute atomic E-state index is 13.9. The molecule has 1 amide bonds. The Morgan fingerprint density at radius 1 is 1.14 bits per heavy atom. The van der Waals surface area contributed by atoms with Gasteiger partial charge < -0.3 is 9.84 Å². The fraction of sp³-hybridized carbons (Fsp3) is 0.0800. The van der Waals surface area contributed by atoms with Crippen LogP contribution in [0.4, 0.5) is 10.1 Å². The summed E-state index contributed by atoms with van der Waals surface area (Å²) in [7, 11) is 1.63. The highest BCUT2D eigenvalue weighted by atomic mass is 79.9. The molecule has 35 heavy (non-hydrogen) atoms. The molecule has 1 aliphatic heterocycles. The number of aromatic carboxylic acids is 1. The third-order valence-electron chi connectivity index (χ3n) is 4.99. The molecule has 1 fully saturated rings. The minimum Gasteiger partial charge on any atom is -0.486 e. The average Bonchev–Trinajstić information content (AvgIpc) is 3.07. The Balaban J connectivity index is 1.53. The van der Waals surface area contributed by atoms with Gasteiger partial charge in [-0.15, -0.1) is 0 Å². The molecule has 0 radical (unpaired) electrons. The van der Waals surface area contributed by atoms with E-state index in [4.69, 9.17) is 9.84 Å². The first-order chi connectivity index (χ1) is 16.7. The molecule has 0 spiro atoms. The van der Waals surface area contributed by atoms with Gasteiger partial charge in [-0.3, -0.25) is 9.69 Å². The molecule has 0 aromatic heterocycles. The molecule has 0 aliphatic carbocycles. The number of benzene rings is 3. The van der Waals surface area contributed by atoms with E-state index in [9.17, 15) is 14.0 Å². The van der Waals surface area contributed by atoms with E-state index in [-0.39, 0.29) is 23.9 Å². The maximum atomic E-state index is 13.9. The van der Waals surface area contributed by atoms with E-state index in [0.717, 1.165) is 5.56 Å². The second-order valence-electron chi connectivity index (χ2n) is 7.41. The molecule has 10 heteroatoms. The lowest BCUT2D eigenvalue weighted by Gasteiger charge is -2.12. The van der Waals surface area contributed by atoms with E-state index in [0.29, 0.717) is 36.0 Å². The van der Waals surface area contributed by atoms with Gasteiger partial charge >= 0.3 is 5.97 Å². The fourth-order valence-corrected chi connectivity index (χ4v) is 5.60. The topological polar surface area (TPSA) is 79.2 Å². The highest BCUT2D eigenvalue weighted by Gasteiger charge is 2.30. The molecule has 178 valence electrons. The number of hydrogen-bond donors (Lipinski definition) is 1. The Kier molecular flexibility index (Phi) is 7.73. The molecular formula is C25H17Br2FN2O4S. The lowest BCUT2D eigenvalue weighted by molar-refractivity contribution is -0.121. The number of amidine groups is 1. The highest BCUT2D eigenvalue weighted by molar-refractivity contribution is 9.11. The van der Waals surface area contributed by atoms with Crippen molar-refractivity contribution in [1.29, 1.82) is 0 Å². The van der Waals surface area contributed by atoms with Gasteiger partial charge in [-0.05, 0) is 97.7 Å². The van der Waals surface area contributed by atoms with Gasteiger partial charge in [0, 0.05) is 12.6 Å². The molecule has 0 unspecified atom stereocenters. The molecule has 0 bridgehead atoms. The predicted molar refractivity (Wildman–Crippen MR) is 141 cm³/mol. The van der Waals surface area contributed by atoms with Crippen LogP contribution in [0.25, 0.3) is 6.08 Å². The predicted octanol–water partition coefficient (Wildman–Crippen LogP) is 6.86. The number of carbonyl (C=O) groups excluding carboxylic acids is 1. The molecule has 1 N–H and O–H groups in total. The van der Waals surface area contributed by atoms with Gasteiger partial charge in [0.2, 0.25) is 0 Å². The van der Waals surface area contributed by atoms with Crippen LogP contribution in [0.2, 0.25) is 0 Å². The number of thioether (sulfide) groups is 1. The van der Waals surface area contributed by atoms with Gasteiger partial charge in [-0.25, -0.2) is 14.2 Å². The van der Waals surface area contributed by atoms with E-state index in [1.165, 1.54) is 34.9 Å². The fourth-order valence-electron chi connectivity index (χ4n) is 3.16. The third-order valence-corrected chi connectivity index (χ3v) is 7.23. The minimum absolute atomic E-state index is 0.0662. The number of ether oxygens (including phenoxy) is 1. The lowest BCUT2D eigenvalue weighted by atomic mass is 10.2. The zero-order chi connectivity index (χ0) is 25.1. The summed E-state index contributed by atoms with van der Waals surface area (Å²) in [5, 5.41) is 9.51. The molecule has 0 atom stereocenters. The van der Waals surface area contributed by atoms with Crippen LogP contribution >= 0.6 is 43.6 Å². The van der Waals surface area contributed by atoms with E-state index < -0.39 is 5.97 Å². The Bertz CT molecular complexity index is 1350. The summed E-state index contributed by atoms with van der Waals surface area (Å²) >= 11 is 8.21. The van der Waals surface area contributed by atoms with Crippen LogP contribution in [-0.2, 0) is 11.4 Å². The summed E-state index contributed by atoms with van der Waals surface area (Å²) in [4.78, 5) is 30.2. The van der Waals surface area contributed by atoms with Crippen LogP contribution in [0.1, 0.15) is 21.5 Å². The van der Waals surface area contributed by atoms with E-state index in [2.05, 4.69) is 36.9 Å². The summed E-state index contributed by atoms with van der Waals surface area (Å²) in [5.74, 6) is -1.04. The number of carboxylic acids is 1. The molecule has 1 saturated heterocycles. The Labute approximate surface area is 221 Å². The number of rotatable bonds is 6. The van der Waals surface area contributed by atoms with E-state index in [1.807, 2.05) is 12.1 Å². The van der Waals surface area contributed by atoms with Gasteiger partial charge in [0.25, 0.3) is 5.91 Å². The van der Waals surface area contributed by atoms with Crippen LogP contribution in [0.3, 0.4) is 0 Å². The second-order valence-corrected chi connectivity index (χ2v) is 10.1. The summed E-state index contributed by atoms with van der Waals surface area (Å²) in [6.07, 6.45) is 1.75. The number of carbonyl (C=O) groups is 2. The molecule has 3 aromatic rings. The molecule has 1 heterocycles. The van der Waals surface area contributed by atoms with Gasteiger partial charge in [0.15, 0.2) is 5.17 Å². The largest absolute Gasteiger partial charge is 0.486 e. The minimum atomic E-state index is -1.02. The van der Waals surface area contributed by atoms with Gasteiger partial charge in [-0.1, -0.05) is 18.2 Å². The van der Waals surface area contributed by atoms with Crippen molar-refractivity contribution in [3.05, 3.63) is 97.0 Å². The zero-order valence-electron chi connectivity index (χ0n) is 18.2. The summed E-state index contributed by atoms with van der Waals surface area (Å²) in [6.45, 7) is 0.0662. The van der Waals surface area contributed by atoms with Gasteiger partial charge in [0.05, 0.1) is 25.1 Å². The maximum Gasteiger partial charge on any atom is 0.335 e. The standard InChI is InChI=1S/C25H17Br2FN2O4S/c1-30-23(31)21(35-25(30)29-17-8-6-15(7-9-17)24(32)33)12-14-10-18(26)22(19(27)11-14)34-13-16-4-2-3-5-20(16)28/h2-12H,13H2,1H3,(H,32,33)/b21-12-,29-25?. The summed E-state index contributed by atoms with van der Waals surface area (Å²) in [6, 6.07) is 16.1. The average molecular weight is 620 g/mol. The number of amides is 1. The SMILES string of the molecule is CN1C(=O)/C(=C/c2cc(Br)c(OCc3ccccc3F)c(Br)c2)SC1=Nc1ccc(C(=O)O)cc1. The summed E-state index contributed by atoms with van der Waals surface area (Å²) < 4.78 is 21.0. The number of nitrogens with zero attached hydrogens (tertiary/aromatic N) is 2. The third kappa shape index (κ3) is 5.83. The van der Waals surface area contributed by atoms with E-state index in [1.54, 1.807) is 43.5 Å². The number of likely N-dealkylation sites (N-methyl/N-ethyl adjacent to an activating group) is 1. The smallest absolute Gasteiger partial charge is 0.335 e. The number of hydrogen-bond acceptors (Lipinski definition) is 5. The molecule has 3 aromatic carbocycles. The number of carboxylic acid groups (broad SMARTS) is 1. The van der Waals surface area contributed by atoms with Gasteiger partial charge in [0.1, 0.15) is 18.2 Å². The lowest BCUT2D eigenvalue weighted by Crippen LogP contribution is -2.23. The van der Waals surface area contributed by atoms with Crippen LogP contribution in [0.15, 0.2) is 79.5 Å². The van der Waals surface area contributed by atoms with Crippen molar-refractivity contribution < 1.29 is 23.8 Å². The quantitative estimate of drug-likeness (QED) is 0.305. The Hall–Kier alpha value is -2.95. The summed E-state index contributed by atoms with van der Waals surface area (Å²) in [5.41, 5.74) is 1.90. The normalized spacial score (nSPS) is 15.8. The molecular weight excluding hydrogens is 603 g/mol. The van der Waals surface area contributed by atoms with Crippen LogP contribution in [-0.4, -0.2) is 34.1 Å². The van der Waals surface area contributed by atoms with Crippen molar-refractivity contribution in [3.8, 4) is 5.75 Å². The van der Waals surface area contributed by atoms with Crippen molar-refractivity contribution in [2.24, 2.45) is 4.99 Å². The molecule has 1 aliphatic rings. The number of halogens is 3. The Morgan fingerprint density at radius 3 is 2.43 bits per heavy atom. The molecule has 4 rings (SSSR count). The first-order valence-corrected chi connectivity index (χ1v) is 12.6. The van der Waals surface area contributed by atoms with Crippen LogP contribution in [0, 0.1) is 5.82 Å². The Morgan fingerprint density at radius 2 is 1.80 bits per heavy atom. The highest BCUT2D eigenvalue weighted by Crippen LogP contribution is 2.38.